The molecule has 18 heavy (non-hydrogen) atoms. The average molecular weight is 249 g/mol. The molecule has 0 aliphatic rings. The molecule has 98 valence electrons. The van der Waals surface area contributed by atoms with Gasteiger partial charge in [-0.25, -0.2) is 14.5 Å². The molecule has 5 heteroatoms. The van der Waals surface area contributed by atoms with E-state index in [2.05, 4.69) is 10.6 Å². The molecule has 0 aromatic heterocycles. The average Bonchev–Trinajstić information content (AvgIpc) is 2.27. The van der Waals surface area contributed by atoms with Gasteiger partial charge in [-0.05, 0) is 32.9 Å². The number of urea groups is 2. The van der Waals surface area contributed by atoms with Crippen LogP contribution in [0, 0.1) is 0 Å². The van der Waals surface area contributed by atoms with Crippen LogP contribution >= 0.6 is 0 Å². The van der Waals surface area contributed by atoms with Gasteiger partial charge in [-0.1, -0.05) is 18.2 Å². The van der Waals surface area contributed by atoms with Crippen LogP contribution in [0.2, 0.25) is 0 Å². The minimum atomic E-state index is -0.469. The van der Waals surface area contributed by atoms with Crippen molar-refractivity contribution < 1.29 is 9.59 Å². The first-order valence-electron chi connectivity index (χ1n) is 5.71. The largest absolute Gasteiger partial charge is 0.333 e. The number of hydrogen-bond donors (Lipinski definition) is 2. The summed E-state index contributed by atoms with van der Waals surface area (Å²) in [5.41, 5.74) is 0.274. The van der Waals surface area contributed by atoms with Crippen LogP contribution in [0.25, 0.3) is 0 Å². The fraction of sp³-hybridized carbons (Fsp3) is 0.385. The molecule has 2 N–H and O–H groups in total. The maximum atomic E-state index is 11.8. The molecule has 0 radical (unpaired) electrons. The topological polar surface area (TPSA) is 61.4 Å². The highest BCUT2D eigenvalue weighted by Gasteiger charge is 2.21. The molecule has 1 aromatic carbocycles. The highest BCUT2D eigenvalue weighted by Crippen LogP contribution is 2.06. The number of carbonyl (C=O) groups excluding carboxylic acids is 2. The van der Waals surface area contributed by atoms with Crippen LogP contribution < -0.4 is 10.6 Å². The number of nitrogens with one attached hydrogen (secondary N) is 2. The normalized spacial score (nSPS) is 10.7. The fourth-order valence-corrected chi connectivity index (χ4v) is 1.23. The van der Waals surface area contributed by atoms with E-state index < -0.39 is 12.1 Å². The minimum absolute atomic E-state index is 0.377. The van der Waals surface area contributed by atoms with Crippen molar-refractivity contribution in [1.82, 2.24) is 10.2 Å². The lowest BCUT2D eigenvalue weighted by Crippen LogP contribution is -2.50. The highest BCUT2D eigenvalue weighted by molar-refractivity contribution is 6.00. The van der Waals surface area contributed by atoms with E-state index in [4.69, 9.17) is 0 Å². The third-order valence-electron chi connectivity index (χ3n) is 2.12. The second-order valence-electron chi connectivity index (χ2n) is 5.04. The van der Waals surface area contributed by atoms with Gasteiger partial charge in [0, 0.05) is 18.3 Å². The number of benzene rings is 1. The lowest BCUT2D eigenvalue weighted by molar-refractivity contribution is 0.195. The maximum Gasteiger partial charge on any atom is 0.329 e. The maximum absolute atomic E-state index is 11.8. The van der Waals surface area contributed by atoms with Gasteiger partial charge >= 0.3 is 12.1 Å². The predicted molar refractivity (Wildman–Crippen MR) is 71.5 cm³/mol. The second-order valence-corrected chi connectivity index (χ2v) is 5.04. The van der Waals surface area contributed by atoms with Crippen molar-refractivity contribution in [3.8, 4) is 0 Å². The van der Waals surface area contributed by atoms with Crippen molar-refractivity contribution >= 4 is 17.7 Å². The fourth-order valence-electron chi connectivity index (χ4n) is 1.23. The second kappa shape index (κ2) is 5.53. The lowest BCUT2D eigenvalue weighted by Gasteiger charge is -2.24. The molecule has 0 heterocycles. The van der Waals surface area contributed by atoms with Crippen LogP contribution in [0.1, 0.15) is 20.8 Å². The molecule has 0 aliphatic carbocycles. The predicted octanol–water partition coefficient (Wildman–Crippen LogP) is 2.66. The molecule has 0 fully saturated rings. The zero-order valence-electron chi connectivity index (χ0n) is 11.2. The van der Waals surface area contributed by atoms with E-state index in [0.29, 0.717) is 5.69 Å². The van der Waals surface area contributed by atoms with E-state index in [1.165, 1.54) is 7.05 Å². The molecule has 0 unspecified atom stereocenters. The van der Waals surface area contributed by atoms with E-state index in [9.17, 15) is 9.59 Å². The summed E-state index contributed by atoms with van der Waals surface area (Å²) in [5, 5.41) is 5.35. The standard InChI is InChI=1S/C13H19N3O2/c1-13(2,3)15-12(18)16(4)11(17)14-10-8-6-5-7-9-10/h5-9H,1-4H3,(H,14,17)(H,15,18). The number of imide groups is 1. The van der Waals surface area contributed by atoms with Gasteiger partial charge in [-0.3, -0.25) is 0 Å². The zero-order valence-corrected chi connectivity index (χ0v) is 11.2. The van der Waals surface area contributed by atoms with Crippen LogP contribution in [0.3, 0.4) is 0 Å². The zero-order chi connectivity index (χ0) is 13.8. The molecule has 5 nitrogen and oxygen atoms in total. The summed E-state index contributed by atoms with van der Waals surface area (Å²) >= 11 is 0. The van der Waals surface area contributed by atoms with E-state index in [-0.39, 0.29) is 5.54 Å². The highest BCUT2D eigenvalue weighted by atomic mass is 16.2. The summed E-state index contributed by atoms with van der Waals surface area (Å²) in [6.45, 7) is 5.57. The molecular weight excluding hydrogens is 230 g/mol. The molecule has 0 aliphatic heterocycles. The van der Waals surface area contributed by atoms with Crippen LogP contribution in [0.4, 0.5) is 15.3 Å². The van der Waals surface area contributed by atoms with Crippen LogP contribution in [-0.4, -0.2) is 29.5 Å². The van der Waals surface area contributed by atoms with E-state index in [0.717, 1.165) is 4.90 Å². The molecule has 1 aromatic rings. The third-order valence-corrected chi connectivity index (χ3v) is 2.12. The van der Waals surface area contributed by atoms with Crippen molar-refractivity contribution in [2.24, 2.45) is 0 Å². The molecule has 0 saturated heterocycles. The first kappa shape index (κ1) is 14.0. The van der Waals surface area contributed by atoms with Crippen molar-refractivity contribution in [1.29, 1.82) is 0 Å². The van der Waals surface area contributed by atoms with Crippen molar-refractivity contribution in [3.63, 3.8) is 0 Å². The summed E-state index contributed by atoms with van der Waals surface area (Å²) < 4.78 is 0. The number of anilines is 1. The molecular formula is C13H19N3O2. The van der Waals surface area contributed by atoms with Gasteiger partial charge in [0.25, 0.3) is 0 Å². The first-order chi connectivity index (χ1) is 8.29. The summed E-state index contributed by atoms with van der Waals surface area (Å²) in [6, 6.07) is 8.08. The van der Waals surface area contributed by atoms with Crippen LogP contribution in [0.15, 0.2) is 30.3 Å². The third kappa shape index (κ3) is 4.45. The van der Waals surface area contributed by atoms with Crippen LogP contribution in [-0.2, 0) is 0 Å². The minimum Gasteiger partial charge on any atom is -0.333 e. The number of para-hydroxylation sites is 1. The number of nitrogens with zero attached hydrogens (tertiary/aromatic N) is 1. The van der Waals surface area contributed by atoms with Crippen LogP contribution in [0.5, 0.6) is 0 Å². The molecule has 0 spiro atoms. The van der Waals surface area contributed by atoms with Gasteiger partial charge in [0.1, 0.15) is 0 Å². The SMILES string of the molecule is CN(C(=O)Nc1ccccc1)C(=O)NC(C)(C)C. The Balaban J connectivity index is 2.59. The van der Waals surface area contributed by atoms with Gasteiger partial charge in [-0.15, -0.1) is 0 Å². The molecule has 0 saturated carbocycles. The Morgan fingerprint density at radius 1 is 1.06 bits per heavy atom. The van der Waals surface area contributed by atoms with Crippen molar-refractivity contribution in [3.05, 3.63) is 30.3 Å². The number of hydrogen-bond acceptors (Lipinski definition) is 2. The lowest BCUT2D eigenvalue weighted by atomic mass is 10.1. The Labute approximate surface area is 107 Å². The Kier molecular flexibility index (Phi) is 4.31. The molecule has 0 atom stereocenters. The smallest absolute Gasteiger partial charge is 0.329 e. The van der Waals surface area contributed by atoms with E-state index >= 15 is 0 Å². The quantitative estimate of drug-likeness (QED) is 0.803. The summed E-state index contributed by atoms with van der Waals surface area (Å²) in [7, 11) is 1.43. The Bertz CT molecular complexity index is 424. The van der Waals surface area contributed by atoms with Gasteiger partial charge in [0.05, 0.1) is 0 Å². The monoisotopic (exact) mass is 249 g/mol. The van der Waals surface area contributed by atoms with Crippen molar-refractivity contribution in [2.45, 2.75) is 26.3 Å². The van der Waals surface area contributed by atoms with Crippen molar-refractivity contribution in [2.75, 3.05) is 12.4 Å². The van der Waals surface area contributed by atoms with Gasteiger partial charge < -0.3 is 10.6 Å². The Hall–Kier alpha value is -2.04. The Morgan fingerprint density at radius 3 is 2.11 bits per heavy atom. The summed E-state index contributed by atoms with van der Waals surface area (Å²) in [4.78, 5) is 24.6. The van der Waals surface area contributed by atoms with Gasteiger partial charge in [0.15, 0.2) is 0 Å². The summed E-state index contributed by atoms with van der Waals surface area (Å²) in [5.74, 6) is 0. The van der Waals surface area contributed by atoms with Gasteiger partial charge in [0.2, 0.25) is 0 Å². The van der Waals surface area contributed by atoms with E-state index in [1.807, 2.05) is 39.0 Å². The molecule has 0 bridgehead atoms. The van der Waals surface area contributed by atoms with Gasteiger partial charge in [-0.2, -0.15) is 0 Å². The number of carbonyl (C=O) groups is 2. The Morgan fingerprint density at radius 2 is 1.61 bits per heavy atom. The molecule has 4 amide bonds. The summed E-state index contributed by atoms with van der Waals surface area (Å²) in [6.07, 6.45) is 0. The number of rotatable bonds is 1. The number of amides is 4. The first-order valence-corrected chi connectivity index (χ1v) is 5.71. The molecule has 1 rings (SSSR count). The van der Waals surface area contributed by atoms with E-state index in [1.54, 1.807) is 12.1 Å².